The Morgan fingerprint density at radius 2 is 2.00 bits per heavy atom. The van der Waals surface area contributed by atoms with Gasteiger partial charge in [-0.25, -0.2) is 0 Å². The molecule has 0 spiro atoms. The van der Waals surface area contributed by atoms with Crippen molar-refractivity contribution in [1.82, 2.24) is 14.4 Å². The Balaban J connectivity index is 1.42. The Morgan fingerprint density at radius 1 is 1.23 bits per heavy atom. The summed E-state index contributed by atoms with van der Waals surface area (Å²) in [6.45, 7) is 3.67. The van der Waals surface area contributed by atoms with Crippen LogP contribution in [0, 0.1) is 0 Å². The van der Waals surface area contributed by atoms with E-state index in [1.165, 1.54) is 5.69 Å². The summed E-state index contributed by atoms with van der Waals surface area (Å²) in [5.41, 5.74) is 8.97. The molecule has 6 nitrogen and oxygen atoms in total. The van der Waals surface area contributed by atoms with E-state index in [4.69, 9.17) is 5.73 Å². The summed E-state index contributed by atoms with van der Waals surface area (Å²) in [6, 6.07) is 10.1. The molecule has 138 valence electrons. The second-order valence-corrected chi connectivity index (χ2v) is 7.41. The fourth-order valence-electron chi connectivity index (χ4n) is 4.35. The number of aryl methyl sites for hydroxylation is 1. The Kier molecular flexibility index (Phi) is 4.56. The van der Waals surface area contributed by atoms with Crippen LogP contribution in [-0.2, 0) is 20.1 Å². The quantitative estimate of drug-likeness (QED) is 0.874. The molecule has 1 aromatic carbocycles. The number of fused-ring (bicyclic) bond motifs is 1. The minimum Gasteiger partial charge on any atom is -0.374 e. The smallest absolute Gasteiger partial charge is 0.249 e. The first-order valence-corrected chi connectivity index (χ1v) is 9.22. The molecule has 1 aromatic heterocycles. The lowest BCUT2D eigenvalue weighted by Gasteiger charge is -2.38. The summed E-state index contributed by atoms with van der Waals surface area (Å²) in [5.74, 6) is -0.472. The topological polar surface area (TPSA) is 74.7 Å². The van der Waals surface area contributed by atoms with E-state index >= 15 is 0 Å². The molecule has 2 aliphatic heterocycles. The van der Waals surface area contributed by atoms with Gasteiger partial charge in [-0.3, -0.25) is 14.6 Å². The van der Waals surface area contributed by atoms with E-state index in [0.29, 0.717) is 23.7 Å². The van der Waals surface area contributed by atoms with Crippen molar-refractivity contribution in [1.29, 1.82) is 0 Å². The van der Waals surface area contributed by atoms with Gasteiger partial charge in [0.1, 0.15) is 6.23 Å². The highest BCUT2D eigenvalue weighted by molar-refractivity contribution is 5.95. The Labute approximate surface area is 153 Å². The van der Waals surface area contributed by atoms with Gasteiger partial charge in [0, 0.05) is 62.3 Å². The number of aliphatic hydroxyl groups excluding tert-OH is 1. The standard InChI is InChI=1S/C20H26N4O2/c1-22-9-3-5-16(22)13-23-10-7-15(8-11-23)24-12-14-4-2-6-17(19(21)25)18(14)20(24)26/h2-6,9,15,20,26H,7-8,10-13H2,1H3,(H2,21,25). The molecule has 1 amide bonds. The lowest BCUT2D eigenvalue weighted by molar-refractivity contribution is -0.0352. The lowest BCUT2D eigenvalue weighted by atomic mass is 10.0. The van der Waals surface area contributed by atoms with Gasteiger partial charge < -0.3 is 15.4 Å². The van der Waals surface area contributed by atoms with Crippen LogP contribution < -0.4 is 5.73 Å². The molecule has 0 radical (unpaired) electrons. The number of likely N-dealkylation sites (tertiary alicyclic amines) is 1. The third-order valence-electron chi connectivity index (χ3n) is 5.85. The van der Waals surface area contributed by atoms with E-state index in [9.17, 15) is 9.90 Å². The van der Waals surface area contributed by atoms with Crippen molar-refractivity contribution in [2.24, 2.45) is 12.8 Å². The summed E-state index contributed by atoms with van der Waals surface area (Å²) in [4.78, 5) is 16.3. The summed E-state index contributed by atoms with van der Waals surface area (Å²) in [5, 5.41) is 10.8. The highest BCUT2D eigenvalue weighted by Crippen LogP contribution is 2.37. The number of primary amides is 1. The average Bonchev–Trinajstić information content (AvgIpc) is 3.19. The first-order chi connectivity index (χ1) is 12.5. The molecule has 1 saturated heterocycles. The van der Waals surface area contributed by atoms with E-state index in [1.54, 1.807) is 6.07 Å². The predicted octanol–water partition coefficient (Wildman–Crippen LogP) is 1.60. The van der Waals surface area contributed by atoms with Gasteiger partial charge in [-0.05, 0) is 36.6 Å². The second-order valence-electron chi connectivity index (χ2n) is 7.41. The molecule has 0 saturated carbocycles. The number of carbonyl (C=O) groups excluding carboxylic acids is 1. The zero-order valence-electron chi connectivity index (χ0n) is 15.1. The maximum absolute atomic E-state index is 11.7. The van der Waals surface area contributed by atoms with E-state index < -0.39 is 12.1 Å². The summed E-state index contributed by atoms with van der Waals surface area (Å²) < 4.78 is 2.16. The van der Waals surface area contributed by atoms with Crippen molar-refractivity contribution in [2.75, 3.05) is 13.1 Å². The van der Waals surface area contributed by atoms with Gasteiger partial charge in [-0.1, -0.05) is 12.1 Å². The summed E-state index contributed by atoms with van der Waals surface area (Å²) in [6.07, 6.45) is 3.37. The third kappa shape index (κ3) is 3.05. The molecule has 1 fully saturated rings. The fourth-order valence-corrected chi connectivity index (χ4v) is 4.35. The molecule has 1 unspecified atom stereocenters. The number of nitrogens with zero attached hydrogens (tertiary/aromatic N) is 3. The number of carbonyl (C=O) groups is 1. The number of benzene rings is 1. The Hall–Kier alpha value is -2.15. The number of aromatic nitrogens is 1. The molecule has 1 atom stereocenters. The van der Waals surface area contributed by atoms with Crippen LogP contribution in [0.3, 0.4) is 0 Å². The van der Waals surface area contributed by atoms with E-state index in [-0.39, 0.29) is 0 Å². The van der Waals surface area contributed by atoms with Crippen molar-refractivity contribution in [3.8, 4) is 0 Å². The summed E-state index contributed by atoms with van der Waals surface area (Å²) in [7, 11) is 2.08. The van der Waals surface area contributed by atoms with Gasteiger partial charge in [0.2, 0.25) is 5.91 Å². The number of nitrogens with two attached hydrogens (primary N) is 1. The van der Waals surface area contributed by atoms with Crippen molar-refractivity contribution >= 4 is 5.91 Å². The molecule has 2 aromatic rings. The number of hydrogen-bond donors (Lipinski definition) is 2. The number of hydrogen-bond acceptors (Lipinski definition) is 4. The van der Waals surface area contributed by atoms with Crippen LogP contribution in [0.4, 0.5) is 0 Å². The van der Waals surface area contributed by atoms with Crippen molar-refractivity contribution in [3.05, 3.63) is 58.9 Å². The molecular weight excluding hydrogens is 328 g/mol. The first kappa shape index (κ1) is 17.3. The van der Waals surface area contributed by atoms with Crippen LogP contribution in [0.25, 0.3) is 0 Å². The Morgan fingerprint density at radius 3 is 2.65 bits per heavy atom. The van der Waals surface area contributed by atoms with Crippen LogP contribution >= 0.6 is 0 Å². The highest BCUT2D eigenvalue weighted by atomic mass is 16.3. The SMILES string of the molecule is Cn1cccc1CN1CCC(N2Cc3cccc(C(N)=O)c3C2O)CC1. The van der Waals surface area contributed by atoms with Crippen molar-refractivity contribution in [2.45, 2.75) is 38.2 Å². The lowest BCUT2D eigenvalue weighted by Crippen LogP contribution is -2.44. The van der Waals surface area contributed by atoms with Gasteiger partial charge in [-0.15, -0.1) is 0 Å². The zero-order valence-corrected chi connectivity index (χ0v) is 15.1. The third-order valence-corrected chi connectivity index (χ3v) is 5.85. The van der Waals surface area contributed by atoms with Crippen LogP contribution in [0.1, 0.15) is 46.2 Å². The number of rotatable bonds is 4. The first-order valence-electron chi connectivity index (χ1n) is 9.22. The highest BCUT2D eigenvalue weighted by Gasteiger charge is 2.37. The van der Waals surface area contributed by atoms with Crippen molar-refractivity contribution in [3.63, 3.8) is 0 Å². The molecule has 0 aliphatic carbocycles. The number of aliphatic hydroxyl groups is 1. The molecule has 26 heavy (non-hydrogen) atoms. The monoisotopic (exact) mass is 354 g/mol. The molecule has 3 heterocycles. The normalized spacial score (nSPS) is 21.8. The van der Waals surface area contributed by atoms with Crippen LogP contribution in [-0.4, -0.2) is 44.5 Å². The van der Waals surface area contributed by atoms with E-state index in [1.807, 2.05) is 12.1 Å². The summed E-state index contributed by atoms with van der Waals surface area (Å²) >= 11 is 0. The molecule has 3 N–H and O–H groups in total. The van der Waals surface area contributed by atoms with E-state index in [2.05, 4.69) is 39.7 Å². The van der Waals surface area contributed by atoms with Gasteiger partial charge in [-0.2, -0.15) is 0 Å². The van der Waals surface area contributed by atoms with Gasteiger partial charge in [0.05, 0.1) is 0 Å². The minimum atomic E-state index is -0.738. The largest absolute Gasteiger partial charge is 0.374 e. The van der Waals surface area contributed by atoms with Crippen molar-refractivity contribution < 1.29 is 9.90 Å². The van der Waals surface area contributed by atoms with E-state index in [0.717, 1.165) is 38.0 Å². The second kappa shape index (κ2) is 6.87. The number of amides is 1. The molecule has 4 rings (SSSR count). The minimum absolute atomic E-state index is 0.322. The van der Waals surface area contributed by atoms with Crippen LogP contribution in [0.5, 0.6) is 0 Å². The Bertz CT molecular complexity index is 808. The molecule has 0 bridgehead atoms. The molecule has 2 aliphatic rings. The van der Waals surface area contributed by atoms with Crippen LogP contribution in [0.15, 0.2) is 36.5 Å². The van der Waals surface area contributed by atoms with Gasteiger partial charge in [0.25, 0.3) is 0 Å². The zero-order chi connectivity index (χ0) is 18.3. The molecule has 6 heteroatoms. The van der Waals surface area contributed by atoms with Crippen LogP contribution in [0.2, 0.25) is 0 Å². The predicted molar refractivity (Wildman–Crippen MR) is 99.2 cm³/mol. The fraction of sp³-hybridized carbons (Fsp3) is 0.450. The van der Waals surface area contributed by atoms with Gasteiger partial charge >= 0.3 is 0 Å². The number of piperidine rings is 1. The molecular formula is C20H26N4O2. The maximum atomic E-state index is 11.7. The average molecular weight is 354 g/mol. The van der Waals surface area contributed by atoms with Gasteiger partial charge in [0.15, 0.2) is 0 Å². The maximum Gasteiger partial charge on any atom is 0.249 e.